The molecule has 0 saturated heterocycles. The number of benzene rings is 2. The smallest absolute Gasteiger partial charge is 0.255 e. The molecule has 0 bridgehead atoms. The Morgan fingerprint density at radius 2 is 1.95 bits per heavy atom. The van der Waals surface area contributed by atoms with E-state index in [9.17, 15) is 9.90 Å². The summed E-state index contributed by atoms with van der Waals surface area (Å²) >= 11 is 0. The summed E-state index contributed by atoms with van der Waals surface area (Å²) in [6, 6.07) is 11.5. The molecule has 21 heavy (non-hydrogen) atoms. The molecule has 1 amide bonds. The molecule has 0 aliphatic rings. The van der Waals surface area contributed by atoms with Crippen molar-refractivity contribution in [2.75, 3.05) is 19.0 Å². The predicted octanol–water partition coefficient (Wildman–Crippen LogP) is 3.05. The first-order chi connectivity index (χ1) is 10.2. The van der Waals surface area contributed by atoms with Crippen LogP contribution in [0.25, 0.3) is 0 Å². The second kappa shape index (κ2) is 6.65. The van der Waals surface area contributed by atoms with Gasteiger partial charge >= 0.3 is 0 Å². The lowest BCUT2D eigenvalue weighted by atomic mass is 10.1. The van der Waals surface area contributed by atoms with Gasteiger partial charge in [-0.2, -0.15) is 0 Å². The van der Waals surface area contributed by atoms with E-state index in [-0.39, 0.29) is 11.7 Å². The highest BCUT2D eigenvalue weighted by molar-refractivity contribution is 6.05. The van der Waals surface area contributed by atoms with Crippen LogP contribution in [0.3, 0.4) is 0 Å². The lowest BCUT2D eigenvalue weighted by Crippen LogP contribution is -2.12. The average molecular weight is 287 g/mol. The first-order valence-corrected chi connectivity index (χ1v) is 6.56. The number of phenolic OH excluding ortho intramolecular Hbond substituents is 1. The molecule has 2 N–H and O–H groups in total. The largest absolute Gasteiger partial charge is 0.506 e. The van der Waals surface area contributed by atoms with Crippen molar-refractivity contribution in [3.8, 4) is 17.2 Å². The van der Waals surface area contributed by atoms with Gasteiger partial charge in [0, 0.05) is 5.56 Å². The quantitative estimate of drug-likeness (QED) is 0.829. The minimum absolute atomic E-state index is 0.0180. The number of rotatable bonds is 5. The van der Waals surface area contributed by atoms with E-state index in [1.165, 1.54) is 6.07 Å². The Labute approximate surface area is 123 Å². The molecule has 0 aliphatic heterocycles. The van der Waals surface area contributed by atoms with Gasteiger partial charge in [-0.05, 0) is 37.3 Å². The summed E-state index contributed by atoms with van der Waals surface area (Å²) < 4.78 is 10.6. The Balaban J connectivity index is 2.23. The fourth-order valence-corrected chi connectivity index (χ4v) is 1.86. The third kappa shape index (κ3) is 3.45. The molecule has 2 aromatic rings. The molecular formula is C16H17NO4. The third-order valence-electron chi connectivity index (χ3n) is 2.88. The van der Waals surface area contributed by atoms with Gasteiger partial charge in [0.2, 0.25) is 0 Å². The van der Waals surface area contributed by atoms with Gasteiger partial charge < -0.3 is 19.9 Å². The van der Waals surface area contributed by atoms with Crippen LogP contribution in [0.4, 0.5) is 5.69 Å². The molecule has 5 nitrogen and oxygen atoms in total. The minimum atomic E-state index is -0.333. The molecule has 0 fully saturated rings. The number of anilines is 1. The summed E-state index contributed by atoms with van der Waals surface area (Å²) in [6.07, 6.45) is 0. The number of carbonyl (C=O) groups is 1. The van der Waals surface area contributed by atoms with E-state index >= 15 is 0 Å². The second-order valence-corrected chi connectivity index (χ2v) is 4.27. The number of methoxy groups -OCH3 is 1. The van der Waals surface area contributed by atoms with E-state index in [4.69, 9.17) is 9.47 Å². The maximum atomic E-state index is 12.2. The van der Waals surface area contributed by atoms with Crippen LogP contribution in [0.15, 0.2) is 42.5 Å². The Morgan fingerprint density at radius 3 is 2.62 bits per heavy atom. The van der Waals surface area contributed by atoms with Crippen molar-refractivity contribution < 1.29 is 19.4 Å². The number of hydrogen-bond donors (Lipinski definition) is 2. The lowest BCUT2D eigenvalue weighted by Gasteiger charge is -2.11. The summed E-state index contributed by atoms with van der Waals surface area (Å²) in [5.74, 6) is 0.755. The van der Waals surface area contributed by atoms with Crippen LogP contribution in [0.1, 0.15) is 17.3 Å². The van der Waals surface area contributed by atoms with E-state index < -0.39 is 0 Å². The maximum absolute atomic E-state index is 12.2. The molecule has 0 aliphatic carbocycles. The molecule has 0 spiro atoms. The molecule has 2 rings (SSSR count). The molecule has 0 unspecified atom stereocenters. The molecule has 110 valence electrons. The van der Waals surface area contributed by atoms with Crippen LogP contribution >= 0.6 is 0 Å². The Hall–Kier alpha value is -2.69. The topological polar surface area (TPSA) is 67.8 Å². The fourth-order valence-electron chi connectivity index (χ4n) is 1.86. The number of nitrogens with one attached hydrogen (secondary N) is 1. The van der Waals surface area contributed by atoms with Crippen molar-refractivity contribution in [2.45, 2.75) is 6.92 Å². The molecule has 0 radical (unpaired) electrons. The zero-order valence-corrected chi connectivity index (χ0v) is 11.9. The number of ether oxygens (including phenoxy) is 2. The van der Waals surface area contributed by atoms with E-state index in [0.717, 1.165) is 0 Å². The summed E-state index contributed by atoms with van der Waals surface area (Å²) in [7, 11) is 1.54. The van der Waals surface area contributed by atoms with Crippen molar-refractivity contribution in [3.05, 3.63) is 48.0 Å². The van der Waals surface area contributed by atoms with Crippen LogP contribution < -0.4 is 14.8 Å². The van der Waals surface area contributed by atoms with Gasteiger partial charge in [-0.15, -0.1) is 0 Å². The minimum Gasteiger partial charge on any atom is -0.506 e. The first-order valence-electron chi connectivity index (χ1n) is 6.56. The van der Waals surface area contributed by atoms with Crippen LogP contribution in [0.2, 0.25) is 0 Å². The van der Waals surface area contributed by atoms with Crippen LogP contribution in [0, 0.1) is 0 Å². The van der Waals surface area contributed by atoms with Gasteiger partial charge in [0.25, 0.3) is 5.91 Å². The second-order valence-electron chi connectivity index (χ2n) is 4.27. The van der Waals surface area contributed by atoms with E-state index in [0.29, 0.717) is 29.4 Å². The van der Waals surface area contributed by atoms with Gasteiger partial charge in [-0.3, -0.25) is 4.79 Å². The molecular weight excluding hydrogens is 270 g/mol. The molecule has 0 saturated carbocycles. The number of carbonyl (C=O) groups excluding carboxylic acids is 1. The summed E-state index contributed by atoms with van der Waals surface area (Å²) in [5.41, 5.74) is 0.777. The van der Waals surface area contributed by atoms with E-state index in [2.05, 4.69) is 5.32 Å². The van der Waals surface area contributed by atoms with Crippen molar-refractivity contribution >= 4 is 11.6 Å². The first kappa shape index (κ1) is 14.7. The van der Waals surface area contributed by atoms with Crippen molar-refractivity contribution in [1.29, 1.82) is 0 Å². The molecule has 2 aromatic carbocycles. The van der Waals surface area contributed by atoms with Crippen molar-refractivity contribution in [2.24, 2.45) is 0 Å². The van der Waals surface area contributed by atoms with Crippen molar-refractivity contribution in [1.82, 2.24) is 0 Å². The van der Waals surface area contributed by atoms with Crippen LogP contribution in [-0.2, 0) is 0 Å². The Morgan fingerprint density at radius 1 is 1.19 bits per heavy atom. The van der Waals surface area contributed by atoms with Gasteiger partial charge in [0.05, 0.1) is 19.4 Å². The van der Waals surface area contributed by atoms with Gasteiger partial charge in [-0.25, -0.2) is 0 Å². The van der Waals surface area contributed by atoms with Crippen molar-refractivity contribution in [3.63, 3.8) is 0 Å². The normalized spacial score (nSPS) is 10.0. The molecule has 0 heterocycles. The van der Waals surface area contributed by atoms with E-state index in [1.54, 1.807) is 43.5 Å². The average Bonchev–Trinajstić information content (AvgIpc) is 2.50. The van der Waals surface area contributed by atoms with Crippen LogP contribution in [-0.4, -0.2) is 24.7 Å². The van der Waals surface area contributed by atoms with E-state index in [1.807, 2.05) is 6.92 Å². The monoisotopic (exact) mass is 287 g/mol. The van der Waals surface area contributed by atoms with Crippen LogP contribution in [0.5, 0.6) is 17.2 Å². The highest BCUT2D eigenvalue weighted by Gasteiger charge is 2.12. The summed E-state index contributed by atoms with van der Waals surface area (Å²) in [6.45, 7) is 2.33. The standard InChI is InChI=1S/C16H17NO4/c1-3-21-15-10-11(8-9-14(15)20-2)16(19)17-12-6-4-5-7-13(12)18/h4-10,18H,3H2,1-2H3,(H,17,19). The molecule has 5 heteroatoms. The number of amides is 1. The Kier molecular flexibility index (Phi) is 4.66. The molecule has 0 aromatic heterocycles. The SMILES string of the molecule is CCOc1cc(C(=O)Nc2ccccc2O)ccc1OC. The summed E-state index contributed by atoms with van der Waals surface area (Å²) in [4.78, 5) is 12.2. The number of para-hydroxylation sites is 2. The number of hydrogen-bond acceptors (Lipinski definition) is 4. The number of aromatic hydroxyl groups is 1. The predicted molar refractivity (Wildman–Crippen MR) is 80.2 cm³/mol. The summed E-state index contributed by atoms with van der Waals surface area (Å²) in [5, 5.41) is 12.3. The fraction of sp³-hybridized carbons (Fsp3) is 0.188. The zero-order chi connectivity index (χ0) is 15.2. The highest BCUT2D eigenvalue weighted by atomic mass is 16.5. The zero-order valence-electron chi connectivity index (χ0n) is 11.9. The third-order valence-corrected chi connectivity index (χ3v) is 2.88. The maximum Gasteiger partial charge on any atom is 0.255 e. The van der Waals surface area contributed by atoms with Gasteiger partial charge in [-0.1, -0.05) is 12.1 Å². The van der Waals surface area contributed by atoms with Gasteiger partial charge in [0.15, 0.2) is 11.5 Å². The Bertz CT molecular complexity index is 640. The number of phenols is 1. The highest BCUT2D eigenvalue weighted by Crippen LogP contribution is 2.29. The lowest BCUT2D eigenvalue weighted by molar-refractivity contribution is 0.102. The van der Waals surface area contributed by atoms with Gasteiger partial charge in [0.1, 0.15) is 5.75 Å². The molecule has 0 atom stereocenters.